The second kappa shape index (κ2) is 14.0. The average Bonchev–Trinajstić information content (AvgIpc) is 1.87. The molecule has 0 saturated heterocycles. The molecule has 0 aliphatic heterocycles. The summed E-state index contributed by atoms with van der Waals surface area (Å²) in [4.78, 5) is 18.6. The Bertz CT molecular complexity index is 325. The van der Waals surface area contributed by atoms with Crippen molar-refractivity contribution in [3.8, 4) is 11.3 Å². The minimum atomic E-state index is -1.29. The molecule has 71 valence electrons. The molecule has 0 atom stereocenters. The van der Waals surface area contributed by atoms with Crippen LogP contribution in [0.2, 0.25) is 0 Å². The summed E-state index contributed by atoms with van der Waals surface area (Å²) in [6, 6.07) is 0. The fourth-order valence-corrected chi connectivity index (χ4v) is 0.234. The zero-order chi connectivity index (χ0) is 9.98. The molecular formula is C4H2MnO6P2. The van der Waals surface area contributed by atoms with E-state index in [4.69, 9.17) is 10.2 Å². The van der Waals surface area contributed by atoms with Gasteiger partial charge in [-0.3, -0.25) is 0 Å². The molecule has 0 aliphatic carbocycles. The summed E-state index contributed by atoms with van der Waals surface area (Å²) in [6.07, 6.45) is 0. The zero-order valence-electron chi connectivity index (χ0n) is 5.80. The van der Waals surface area contributed by atoms with Crippen molar-refractivity contribution in [2.45, 2.75) is 0 Å². The van der Waals surface area contributed by atoms with Gasteiger partial charge in [0.2, 0.25) is 0 Å². The van der Waals surface area contributed by atoms with Crippen LogP contribution in [0, 0.1) is 11.3 Å². The first-order valence-electron chi connectivity index (χ1n) is 2.17. The molecule has 0 aliphatic rings. The molecule has 9 heteroatoms. The van der Waals surface area contributed by atoms with Crippen LogP contribution in [-0.4, -0.2) is 22.2 Å². The fraction of sp³-hybridized carbons (Fsp3) is 0. The van der Waals surface area contributed by atoms with E-state index in [9.17, 15) is 18.7 Å². The number of aliphatic carboxylic acids is 2. The molecule has 2 N–H and O–H groups in total. The standard InChI is InChI=1S/2C2HO3P.Mn/c2*3-2(4)1-6-5;/h2*(H,3,4);. The van der Waals surface area contributed by atoms with Crippen LogP contribution >= 0.6 is 15.8 Å². The molecule has 0 saturated carbocycles. The molecular weight excluding hydrogens is 261 g/mol. The SMILES string of the molecule is O=P#CC(=O)O.O=P#CC(=O)O.[Mn]. The fourth-order valence-electron chi connectivity index (χ4n) is 0.0781. The summed E-state index contributed by atoms with van der Waals surface area (Å²) in [6.45, 7) is 0. The van der Waals surface area contributed by atoms with Crippen molar-refractivity contribution in [1.29, 1.82) is 0 Å². The molecule has 0 bridgehead atoms. The number of hydrogen-bond acceptors (Lipinski definition) is 4. The molecule has 0 rings (SSSR count). The van der Waals surface area contributed by atoms with Crippen LogP contribution in [0.4, 0.5) is 0 Å². The van der Waals surface area contributed by atoms with Gasteiger partial charge in [-0.1, -0.05) is 0 Å². The third-order valence-electron chi connectivity index (χ3n) is 0.283. The van der Waals surface area contributed by atoms with Gasteiger partial charge < -0.3 is 0 Å². The monoisotopic (exact) mass is 263 g/mol. The van der Waals surface area contributed by atoms with Crippen molar-refractivity contribution in [3.05, 3.63) is 0 Å². The molecule has 0 aromatic heterocycles. The normalized spacial score (nSPS) is 5.54. The molecule has 0 aromatic carbocycles. The Morgan fingerprint density at radius 1 is 0.923 bits per heavy atom. The maximum absolute atomic E-state index is 9.28. The number of carboxylic acid groups (broad SMARTS) is 2. The zero-order valence-corrected chi connectivity index (χ0v) is 8.77. The van der Waals surface area contributed by atoms with Crippen molar-refractivity contribution >= 4 is 27.8 Å². The maximum atomic E-state index is 9.28. The van der Waals surface area contributed by atoms with Crippen LogP contribution in [0.15, 0.2) is 0 Å². The van der Waals surface area contributed by atoms with Crippen molar-refractivity contribution in [1.82, 2.24) is 0 Å². The van der Waals surface area contributed by atoms with E-state index in [0.717, 1.165) is 0 Å². The van der Waals surface area contributed by atoms with E-state index in [1.54, 1.807) is 11.3 Å². The quantitative estimate of drug-likeness (QED) is 0.490. The van der Waals surface area contributed by atoms with Crippen LogP contribution in [0.1, 0.15) is 0 Å². The molecule has 0 amide bonds. The summed E-state index contributed by atoms with van der Waals surface area (Å²) in [5.41, 5.74) is 3.08. The van der Waals surface area contributed by atoms with E-state index in [-0.39, 0.29) is 17.1 Å². The number of carbonyl (C=O) groups is 2. The Balaban J connectivity index is -0.000000143. The summed E-state index contributed by atoms with van der Waals surface area (Å²) in [7, 11) is -1.15. The topological polar surface area (TPSA) is 109 Å². The number of rotatable bonds is 0. The van der Waals surface area contributed by atoms with Crippen molar-refractivity contribution in [2.75, 3.05) is 0 Å². The average molecular weight is 263 g/mol. The number of hydrogen-bond donors (Lipinski definition) is 2. The van der Waals surface area contributed by atoms with Crippen LogP contribution in [0.25, 0.3) is 0 Å². The van der Waals surface area contributed by atoms with Gasteiger partial charge in [0, 0.05) is 17.1 Å². The summed E-state index contributed by atoms with van der Waals surface area (Å²) < 4.78 is 18.4. The van der Waals surface area contributed by atoms with Gasteiger partial charge in [-0.2, -0.15) is 0 Å². The summed E-state index contributed by atoms with van der Waals surface area (Å²) in [5.74, 6) is -2.57. The van der Waals surface area contributed by atoms with E-state index < -0.39 is 27.8 Å². The van der Waals surface area contributed by atoms with Gasteiger partial charge in [-0.05, 0) is 0 Å². The van der Waals surface area contributed by atoms with E-state index >= 15 is 0 Å². The Labute approximate surface area is 85.4 Å². The van der Waals surface area contributed by atoms with Gasteiger partial charge in [0.15, 0.2) is 0 Å². The van der Waals surface area contributed by atoms with Gasteiger partial charge in [0.1, 0.15) is 0 Å². The van der Waals surface area contributed by atoms with Gasteiger partial charge in [-0.15, -0.1) is 0 Å². The van der Waals surface area contributed by atoms with Gasteiger partial charge in [0.25, 0.3) is 0 Å². The number of carboxylic acids is 2. The molecule has 0 unspecified atom stereocenters. The van der Waals surface area contributed by atoms with Crippen molar-refractivity contribution in [3.63, 3.8) is 0 Å². The Kier molecular flexibility index (Phi) is 19.7. The van der Waals surface area contributed by atoms with Crippen LogP contribution in [-0.2, 0) is 35.8 Å². The third-order valence-corrected chi connectivity index (χ3v) is 0.848. The van der Waals surface area contributed by atoms with Crippen molar-refractivity contribution in [2.24, 2.45) is 0 Å². The maximum Gasteiger partial charge on any atom is 0 e. The van der Waals surface area contributed by atoms with Crippen LogP contribution < -0.4 is 0 Å². The van der Waals surface area contributed by atoms with Crippen LogP contribution in [0.3, 0.4) is 0 Å². The Morgan fingerprint density at radius 2 is 1.15 bits per heavy atom. The first-order valence-corrected chi connectivity index (χ1v) is 3.79. The minimum absolute atomic E-state index is 0. The molecule has 0 heterocycles. The van der Waals surface area contributed by atoms with E-state index in [0.29, 0.717) is 0 Å². The molecule has 0 fully saturated rings. The van der Waals surface area contributed by atoms with Crippen LogP contribution in [0.5, 0.6) is 0 Å². The van der Waals surface area contributed by atoms with Gasteiger partial charge in [-0.25, -0.2) is 0 Å². The minimum Gasteiger partial charge on any atom is 0 e. The third kappa shape index (κ3) is 34.4. The molecule has 6 nitrogen and oxygen atoms in total. The molecule has 0 aromatic rings. The van der Waals surface area contributed by atoms with Crippen molar-refractivity contribution < 1.29 is 46.0 Å². The van der Waals surface area contributed by atoms with E-state index in [2.05, 4.69) is 0 Å². The molecule has 1 radical (unpaired) electrons. The first kappa shape index (κ1) is 18.3. The largest absolute Gasteiger partial charge is 0 e. The summed E-state index contributed by atoms with van der Waals surface area (Å²) >= 11 is 0. The predicted molar refractivity (Wildman–Crippen MR) is 38.3 cm³/mol. The second-order valence-electron chi connectivity index (χ2n) is 1.02. The second-order valence-corrected chi connectivity index (χ2v) is 1.83. The van der Waals surface area contributed by atoms with Gasteiger partial charge >= 0.3 is 68.0 Å². The predicted octanol–water partition coefficient (Wildman–Crippen LogP) is 0.641. The van der Waals surface area contributed by atoms with Gasteiger partial charge in [0.05, 0.1) is 0 Å². The molecule has 13 heavy (non-hydrogen) atoms. The van der Waals surface area contributed by atoms with E-state index in [1.807, 2.05) is 0 Å². The Hall–Kier alpha value is -0.521. The smallest absolute Gasteiger partial charge is 0 e. The molecule has 0 spiro atoms. The summed E-state index contributed by atoms with van der Waals surface area (Å²) in [5, 5.41) is 15.2. The van der Waals surface area contributed by atoms with E-state index in [1.165, 1.54) is 0 Å². The Morgan fingerprint density at radius 3 is 1.15 bits per heavy atom. The first-order chi connectivity index (χ1) is 5.54.